The fraction of sp³-hybridized carbons (Fsp3) is 0.220. The molecule has 45 heavy (non-hydrogen) atoms. The first-order valence-electron chi connectivity index (χ1n) is 16.3. The fourth-order valence-electron chi connectivity index (χ4n) is 8.29. The number of para-hydroxylation sites is 2. The summed E-state index contributed by atoms with van der Waals surface area (Å²) in [5.74, 6) is 1.11. The van der Waals surface area contributed by atoms with Gasteiger partial charge < -0.3 is 14.2 Å². The molecule has 2 aliphatic carbocycles. The Morgan fingerprint density at radius 1 is 0.756 bits per heavy atom. The number of nitrogens with zero attached hydrogens (tertiary/aromatic N) is 2. The second kappa shape index (κ2) is 9.17. The van der Waals surface area contributed by atoms with E-state index in [1.54, 1.807) is 0 Å². The smallest absolute Gasteiger partial charge is 0.297 e. The summed E-state index contributed by atoms with van der Waals surface area (Å²) >= 11 is 0. The van der Waals surface area contributed by atoms with Crippen LogP contribution < -0.4 is 26.4 Å². The van der Waals surface area contributed by atoms with Crippen LogP contribution in [0.5, 0.6) is 0 Å². The minimum absolute atomic E-state index is 0.0202. The molecule has 2 aliphatic heterocycles. The average molecular weight is 585 g/mol. The van der Waals surface area contributed by atoms with Gasteiger partial charge in [0.15, 0.2) is 0 Å². The van der Waals surface area contributed by atoms with Crippen LogP contribution in [0.4, 0.5) is 34.1 Å². The third-order valence-electron chi connectivity index (χ3n) is 10.5. The zero-order valence-corrected chi connectivity index (χ0v) is 26.7. The van der Waals surface area contributed by atoms with Crippen molar-refractivity contribution in [2.45, 2.75) is 58.3 Å². The Morgan fingerprint density at radius 3 is 2.11 bits per heavy atom. The van der Waals surface area contributed by atoms with Crippen molar-refractivity contribution < 1.29 is 4.42 Å². The van der Waals surface area contributed by atoms with E-state index in [9.17, 15) is 0 Å². The molecule has 3 nitrogen and oxygen atoms in total. The molecule has 0 bridgehead atoms. The van der Waals surface area contributed by atoms with Gasteiger partial charge in [-0.15, -0.1) is 0 Å². The number of hydrogen-bond acceptors (Lipinski definition) is 3. The van der Waals surface area contributed by atoms with Gasteiger partial charge in [-0.2, -0.15) is 0 Å². The Balaban J connectivity index is 1.40. The van der Waals surface area contributed by atoms with E-state index in [0.717, 1.165) is 29.9 Å². The summed E-state index contributed by atoms with van der Waals surface area (Å²) in [6.45, 7) is 11.6. The van der Waals surface area contributed by atoms with Gasteiger partial charge in [0.1, 0.15) is 5.76 Å². The molecular formula is C41H37BN2O. The van der Waals surface area contributed by atoms with Crippen LogP contribution in [0, 0.1) is 0 Å². The monoisotopic (exact) mass is 584 g/mol. The highest BCUT2D eigenvalue weighted by Crippen LogP contribution is 2.56. The predicted molar refractivity (Wildman–Crippen MR) is 190 cm³/mol. The van der Waals surface area contributed by atoms with Crippen LogP contribution in [0.2, 0.25) is 0 Å². The highest BCUT2D eigenvalue weighted by molar-refractivity contribution is 6.99. The van der Waals surface area contributed by atoms with Gasteiger partial charge in [-0.05, 0) is 102 Å². The van der Waals surface area contributed by atoms with Crippen LogP contribution in [0.25, 0.3) is 5.57 Å². The van der Waals surface area contributed by atoms with Crippen LogP contribution >= 0.6 is 0 Å². The zero-order valence-electron chi connectivity index (χ0n) is 26.7. The molecule has 0 radical (unpaired) electrons. The summed E-state index contributed by atoms with van der Waals surface area (Å²) < 4.78 is 7.32. The molecule has 0 saturated heterocycles. The van der Waals surface area contributed by atoms with Crippen molar-refractivity contribution in [2.24, 2.45) is 0 Å². The van der Waals surface area contributed by atoms with Gasteiger partial charge in [0.2, 0.25) is 0 Å². The molecule has 220 valence electrons. The number of fused-ring (bicyclic) bond motifs is 7. The number of allylic oxidation sites excluding steroid dienone is 4. The first-order chi connectivity index (χ1) is 21.7. The molecule has 4 aromatic carbocycles. The van der Waals surface area contributed by atoms with E-state index in [2.05, 4.69) is 154 Å². The quantitative estimate of drug-likeness (QED) is 0.189. The standard InChI is InChI=1S/C41H37BN2O/c1-40(2,3)26-23-24-31-34(25-26)43(27-15-8-6-9-16-27)32-21-14-22-33-36(32)42(31)39-37(44(33)28-17-10-7-11-18-28)35-29-19-12-13-20-30(29)41(4,5)38(35)45-39/h6-12,14-19,21-25H,13,20H2,1-5H3. The van der Waals surface area contributed by atoms with Gasteiger partial charge in [-0.1, -0.05) is 87.5 Å². The maximum absolute atomic E-state index is 7.32. The average Bonchev–Trinajstić information content (AvgIpc) is 3.55. The van der Waals surface area contributed by atoms with Crippen LogP contribution in [0.3, 0.4) is 0 Å². The molecule has 5 aromatic rings. The lowest BCUT2D eigenvalue weighted by molar-refractivity contribution is 0.440. The van der Waals surface area contributed by atoms with Gasteiger partial charge in [0, 0.05) is 39.4 Å². The van der Waals surface area contributed by atoms with Crippen LogP contribution in [-0.4, -0.2) is 6.71 Å². The van der Waals surface area contributed by atoms with Gasteiger partial charge in [0.25, 0.3) is 6.71 Å². The van der Waals surface area contributed by atoms with Crippen LogP contribution in [0.1, 0.15) is 64.3 Å². The molecule has 3 heterocycles. The van der Waals surface area contributed by atoms with Crippen LogP contribution in [0.15, 0.2) is 119 Å². The van der Waals surface area contributed by atoms with Gasteiger partial charge in [0.05, 0.1) is 11.3 Å². The molecular weight excluding hydrogens is 547 g/mol. The fourth-order valence-corrected chi connectivity index (χ4v) is 8.29. The summed E-state index contributed by atoms with van der Waals surface area (Å²) in [5.41, 5.74) is 16.2. The number of anilines is 6. The normalized spacial score (nSPS) is 17.1. The molecule has 0 spiro atoms. The Morgan fingerprint density at radius 2 is 1.42 bits per heavy atom. The van der Waals surface area contributed by atoms with E-state index in [-0.39, 0.29) is 17.5 Å². The first kappa shape index (κ1) is 26.7. The molecule has 0 amide bonds. The van der Waals surface area contributed by atoms with E-state index in [1.807, 2.05) is 0 Å². The summed E-state index contributed by atoms with van der Waals surface area (Å²) in [7, 11) is 0. The molecule has 0 N–H and O–H groups in total. The minimum Gasteiger partial charge on any atom is -0.471 e. The van der Waals surface area contributed by atoms with Crippen molar-refractivity contribution >= 4 is 63.0 Å². The molecule has 0 atom stereocenters. The lowest BCUT2D eigenvalue weighted by Gasteiger charge is -2.43. The molecule has 4 heteroatoms. The first-order valence-corrected chi connectivity index (χ1v) is 16.3. The number of rotatable bonds is 2. The summed E-state index contributed by atoms with van der Waals surface area (Å²) in [5, 5.41) is 0. The lowest BCUT2D eigenvalue weighted by atomic mass is 9.35. The topological polar surface area (TPSA) is 19.6 Å². The third kappa shape index (κ3) is 3.60. The highest BCUT2D eigenvalue weighted by atomic mass is 16.3. The maximum atomic E-state index is 7.32. The Bertz CT molecular complexity index is 2080. The van der Waals surface area contributed by atoms with Crippen molar-refractivity contribution in [3.8, 4) is 0 Å². The molecule has 0 saturated carbocycles. The van der Waals surface area contributed by atoms with E-state index >= 15 is 0 Å². The minimum atomic E-state index is -0.159. The van der Waals surface area contributed by atoms with Gasteiger partial charge in [-0.25, -0.2) is 0 Å². The summed E-state index contributed by atoms with van der Waals surface area (Å²) in [6.07, 6.45) is 6.87. The second-order valence-electron chi connectivity index (χ2n) is 14.5. The van der Waals surface area contributed by atoms with Crippen molar-refractivity contribution in [1.29, 1.82) is 0 Å². The molecule has 0 unspecified atom stereocenters. The molecule has 0 fully saturated rings. The Labute approximate surface area is 266 Å². The van der Waals surface area contributed by atoms with Crippen molar-refractivity contribution in [1.82, 2.24) is 0 Å². The van der Waals surface area contributed by atoms with Crippen molar-refractivity contribution in [2.75, 3.05) is 9.80 Å². The van der Waals surface area contributed by atoms with Gasteiger partial charge in [-0.3, -0.25) is 0 Å². The number of hydrogen-bond donors (Lipinski definition) is 0. The lowest BCUT2D eigenvalue weighted by Crippen LogP contribution is -2.61. The molecule has 1 aromatic heterocycles. The van der Waals surface area contributed by atoms with Crippen molar-refractivity contribution in [3.05, 3.63) is 132 Å². The number of benzene rings is 4. The largest absolute Gasteiger partial charge is 0.471 e. The Hall–Kier alpha value is -4.70. The molecule has 4 aliphatic rings. The molecule has 9 rings (SSSR count). The zero-order chi connectivity index (χ0) is 30.7. The van der Waals surface area contributed by atoms with Crippen molar-refractivity contribution in [3.63, 3.8) is 0 Å². The SMILES string of the molecule is CC(C)(C)c1ccc2c(c1)N(c1ccccc1)c1cccc3c1B2c1oc2c(c1N3c1ccccc1)C1=C(CCC=C1)C2(C)C. The maximum Gasteiger partial charge on any atom is 0.297 e. The summed E-state index contributed by atoms with van der Waals surface area (Å²) in [4.78, 5) is 4.96. The highest BCUT2D eigenvalue weighted by Gasteiger charge is 2.51. The Kier molecular flexibility index (Phi) is 5.44. The van der Waals surface area contributed by atoms with Crippen LogP contribution in [-0.2, 0) is 10.8 Å². The second-order valence-corrected chi connectivity index (χ2v) is 14.5. The third-order valence-corrected chi connectivity index (χ3v) is 10.5. The predicted octanol–water partition coefficient (Wildman–Crippen LogP) is 9.05. The summed E-state index contributed by atoms with van der Waals surface area (Å²) in [6, 6.07) is 35.7. The van der Waals surface area contributed by atoms with E-state index < -0.39 is 0 Å². The van der Waals surface area contributed by atoms with E-state index in [1.165, 1.54) is 61.6 Å². The van der Waals surface area contributed by atoms with Gasteiger partial charge >= 0.3 is 0 Å². The van der Waals surface area contributed by atoms with E-state index in [0.29, 0.717) is 0 Å². The number of furan rings is 1. The van der Waals surface area contributed by atoms with E-state index in [4.69, 9.17) is 4.42 Å².